The van der Waals surface area contributed by atoms with Crippen LogP contribution in [0.3, 0.4) is 0 Å². The molecular weight excluding hydrogens is 278 g/mol. The zero-order chi connectivity index (χ0) is 16.7. The van der Waals surface area contributed by atoms with Gasteiger partial charge in [0.15, 0.2) is 0 Å². The van der Waals surface area contributed by atoms with E-state index in [1.807, 2.05) is 25.1 Å². The molecule has 0 unspecified atom stereocenters. The maximum Gasteiger partial charge on any atom is 0.319 e. The maximum atomic E-state index is 12.1. The van der Waals surface area contributed by atoms with Crippen molar-refractivity contribution < 1.29 is 9.59 Å². The van der Waals surface area contributed by atoms with Gasteiger partial charge in [-0.15, -0.1) is 0 Å². The first-order valence-corrected chi connectivity index (χ1v) is 7.78. The molecule has 0 heterocycles. The molecule has 122 valence electrons. The van der Waals surface area contributed by atoms with Crippen molar-refractivity contribution in [1.29, 1.82) is 0 Å². The van der Waals surface area contributed by atoms with Gasteiger partial charge in [0.05, 0.1) is 0 Å². The van der Waals surface area contributed by atoms with Crippen LogP contribution in [-0.4, -0.2) is 25.0 Å². The van der Waals surface area contributed by atoms with Gasteiger partial charge in [-0.3, -0.25) is 4.79 Å². The van der Waals surface area contributed by atoms with Crippen LogP contribution in [0.2, 0.25) is 0 Å². The van der Waals surface area contributed by atoms with Crippen LogP contribution in [0.25, 0.3) is 0 Å². The number of carbonyl (C=O) groups is 2. The summed E-state index contributed by atoms with van der Waals surface area (Å²) in [6.07, 6.45) is 1.43. The third-order valence-electron chi connectivity index (χ3n) is 3.60. The smallest absolute Gasteiger partial charge is 0.319 e. The highest BCUT2D eigenvalue weighted by Gasteiger charge is 2.18. The van der Waals surface area contributed by atoms with E-state index in [4.69, 9.17) is 0 Å². The summed E-state index contributed by atoms with van der Waals surface area (Å²) in [5, 5.41) is 8.09. The lowest BCUT2D eigenvalue weighted by atomic mass is 9.97. The number of carbonyl (C=O) groups excluding carboxylic acids is 2. The fourth-order valence-electron chi connectivity index (χ4n) is 2.40. The Bertz CT molecular complexity index is 527. The maximum absolute atomic E-state index is 12.1. The van der Waals surface area contributed by atoms with Crippen molar-refractivity contribution in [2.75, 3.05) is 12.4 Å². The molecule has 0 saturated carbocycles. The molecule has 22 heavy (non-hydrogen) atoms. The molecule has 1 atom stereocenters. The summed E-state index contributed by atoms with van der Waals surface area (Å²) in [5.41, 5.74) is 3.14. The number of hydrogen-bond acceptors (Lipinski definition) is 2. The second-order valence-corrected chi connectivity index (χ2v) is 5.78. The van der Waals surface area contributed by atoms with Gasteiger partial charge in [-0.2, -0.15) is 0 Å². The Labute approximate surface area is 132 Å². The van der Waals surface area contributed by atoms with Crippen LogP contribution in [0, 0.1) is 6.92 Å². The Hall–Kier alpha value is -2.04. The van der Waals surface area contributed by atoms with E-state index in [0.717, 1.165) is 12.1 Å². The van der Waals surface area contributed by atoms with E-state index in [-0.39, 0.29) is 11.9 Å². The van der Waals surface area contributed by atoms with Gasteiger partial charge in [-0.1, -0.05) is 33.3 Å². The van der Waals surface area contributed by atoms with Crippen molar-refractivity contribution in [2.45, 2.75) is 52.5 Å². The summed E-state index contributed by atoms with van der Waals surface area (Å²) in [6.45, 7) is 8.27. The molecule has 0 aliphatic heterocycles. The molecular formula is C17H27N3O2. The average molecular weight is 305 g/mol. The fourth-order valence-corrected chi connectivity index (χ4v) is 2.40. The number of anilines is 1. The Morgan fingerprint density at radius 1 is 1.23 bits per heavy atom. The van der Waals surface area contributed by atoms with Crippen LogP contribution in [-0.2, 0) is 4.79 Å². The zero-order valence-electron chi connectivity index (χ0n) is 14.1. The molecule has 0 aliphatic rings. The van der Waals surface area contributed by atoms with Crippen molar-refractivity contribution >= 4 is 17.6 Å². The van der Waals surface area contributed by atoms with Crippen molar-refractivity contribution in [3.05, 3.63) is 29.3 Å². The minimum absolute atomic E-state index is 0.177. The van der Waals surface area contributed by atoms with Gasteiger partial charge < -0.3 is 16.0 Å². The van der Waals surface area contributed by atoms with E-state index < -0.39 is 6.04 Å². The summed E-state index contributed by atoms with van der Waals surface area (Å²) in [4.78, 5) is 23.8. The van der Waals surface area contributed by atoms with Gasteiger partial charge in [0.2, 0.25) is 5.91 Å². The van der Waals surface area contributed by atoms with E-state index in [1.165, 1.54) is 11.1 Å². The lowest BCUT2D eigenvalue weighted by molar-refractivity contribution is -0.122. The molecule has 0 fully saturated rings. The molecule has 5 nitrogen and oxygen atoms in total. The van der Waals surface area contributed by atoms with Gasteiger partial charge in [-0.05, 0) is 42.5 Å². The van der Waals surface area contributed by atoms with E-state index >= 15 is 0 Å². The summed E-state index contributed by atoms with van der Waals surface area (Å²) < 4.78 is 0. The molecule has 3 N–H and O–H groups in total. The Balaban J connectivity index is 2.75. The number of urea groups is 1. The first-order valence-electron chi connectivity index (χ1n) is 7.78. The minimum atomic E-state index is -0.509. The van der Waals surface area contributed by atoms with E-state index in [2.05, 4.69) is 36.7 Å². The number of amides is 3. The largest absolute Gasteiger partial charge is 0.357 e. The van der Waals surface area contributed by atoms with Crippen molar-refractivity contribution in [3.63, 3.8) is 0 Å². The number of hydrogen-bond donors (Lipinski definition) is 3. The molecule has 0 aromatic heterocycles. The summed E-state index contributed by atoms with van der Waals surface area (Å²) in [6, 6.07) is 4.97. The lowest BCUT2D eigenvalue weighted by Gasteiger charge is -2.18. The van der Waals surface area contributed by atoms with Crippen molar-refractivity contribution in [1.82, 2.24) is 10.6 Å². The molecule has 1 aromatic rings. The van der Waals surface area contributed by atoms with Crippen LogP contribution in [0.4, 0.5) is 10.5 Å². The molecule has 0 aliphatic carbocycles. The van der Waals surface area contributed by atoms with Crippen LogP contribution in [0.5, 0.6) is 0 Å². The Morgan fingerprint density at radius 2 is 1.91 bits per heavy atom. The lowest BCUT2D eigenvalue weighted by Crippen LogP contribution is -2.47. The molecule has 0 bridgehead atoms. The molecule has 0 spiro atoms. The van der Waals surface area contributed by atoms with E-state index in [9.17, 15) is 9.59 Å². The number of likely N-dealkylation sites (N-methyl/N-ethyl adjacent to an activating group) is 1. The average Bonchev–Trinajstić information content (AvgIpc) is 2.47. The van der Waals surface area contributed by atoms with Gasteiger partial charge in [-0.25, -0.2) is 4.79 Å². The van der Waals surface area contributed by atoms with E-state index in [1.54, 1.807) is 7.05 Å². The first kappa shape index (κ1) is 18.0. The number of rotatable bonds is 6. The van der Waals surface area contributed by atoms with Crippen molar-refractivity contribution in [2.24, 2.45) is 0 Å². The third-order valence-corrected chi connectivity index (χ3v) is 3.60. The van der Waals surface area contributed by atoms with Gasteiger partial charge in [0.25, 0.3) is 0 Å². The van der Waals surface area contributed by atoms with Gasteiger partial charge in [0.1, 0.15) is 6.04 Å². The zero-order valence-corrected chi connectivity index (χ0v) is 14.1. The number of aryl methyl sites for hydroxylation is 1. The number of benzene rings is 1. The van der Waals surface area contributed by atoms with Crippen LogP contribution in [0.15, 0.2) is 18.2 Å². The minimum Gasteiger partial charge on any atom is -0.357 e. The molecule has 1 aromatic carbocycles. The first-order chi connectivity index (χ1) is 10.4. The highest BCUT2D eigenvalue weighted by atomic mass is 16.2. The Morgan fingerprint density at radius 3 is 2.45 bits per heavy atom. The number of nitrogens with one attached hydrogen (secondary N) is 3. The van der Waals surface area contributed by atoms with Gasteiger partial charge >= 0.3 is 6.03 Å². The van der Waals surface area contributed by atoms with Crippen LogP contribution < -0.4 is 16.0 Å². The summed E-state index contributed by atoms with van der Waals surface area (Å²) in [7, 11) is 1.57. The molecule has 3 amide bonds. The fraction of sp³-hybridized carbons (Fsp3) is 0.529. The highest BCUT2D eigenvalue weighted by molar-refractivity contribution is 5.93. The standard InChI is InChI=1S/C17H27N3O2/c1-6-7-15(16(21)18-5)20-17(22)19-13-9-8-12(4)14(10-13)11(2)3/h8-11,15H,6-7H2,1-5H3,(H,18,21)(H2,19,20,22)/t15-/m1/s1. The Kier molecular flexibility index (Phi) is 6.89. The van der Waals surface area contributed by atoms with Crippen LogP contribution in [0.1, 0.15) is 50.7 Å². The third kappa shape index (κ3) is 5.06. The van der Waals surface area contributed by atoms with E-state index in [0.29, 0.717) is 12.3 Å². The SMILES string of the molecule is CCC[C@@H](NC(=O)Nc1ccc(C)c(C(C)C)c1)C(=O)NC. The quantitative estimate of drug-likeness (QED) is 0.755. The molecule has 0 saturated heterocycles. The summed E-state index contributed by atoms with van der Waals surface area (Å²) in [5.74, 6) is 0.215. The second-order valence-electron chi connectivity index (χ2n) is 5.78. The molecule has 0 radical (unpaired) electrons. The van der Waals surface area contributed by atoms with Gasteiger partial charge in [0, 0.05) is 12.7 Å². The predicted molar refractivity (Wildman–Crippen MR) is 90.2 cm³/mol. The monoisotopic (exact) mass is 305 g/mol. The predicted octanol–water partition coefficient (Wildman–Crippen LogP) is 3.15. The molecule has 1 rings (SSSR count). The van der Waals surface area contributed by atoms with Crippen LogP contribution >= 0.6 is 0 Å². The topological polar surface area (TPSA) is 70.2 Å². The second kappa shape index (κ2) is 8.41. The normalized spacial score (nSPS) is 11.9. The van der Waals surface area contributed by atoms with Crippen molar-refractivity contribution in [3.8, 4) is 0 Å². The molecule has 5 heteroatoms. The highest BCUT2D eigenvalue weighted by Crippen LogP contribution is 2.22. The summed E-state index contributed by atoms with van der Waals surface area (Å²) >= 11 is 0.